The lowest BCUT2D eigenvalue weighted by Crippen LogP contribution is -2.13. The summed E-state index contributed by atoms with van der Waals surface area (Å²) >= 11 is 3.32. The summed E-state index contributed by atoms with van der Waals surface area (Å²) in [6, 6.07) is 4.11. The second-order valence-electron chi connectivity index (χ2n) is 5.22. The first kappa shape index (κ1) is 13.7. The van der Waals surface area contributed by atoms with Crippen molar-refractivity contribution in [3.63, 3.8) is 0 Å². The maximum atomic E-state index is 11.4. The maximum Gasteiger partial charge on any atom is 0.306 e. The molecule has 1 aliphatic rings. The lowest BCUT2D eigenvalue weighted by atomic mass is 10.1. The van der Waals surface area contributed by atoms with Crippen LogP contribution in [0.3, 0.4) is 0 Å². The molecule has 6 heteroatoms. The number of ether oxygens (including phenoxy) is 1. The first-order chi connectivity index (χ1) is 9.63. The molecule has 3 rings (SSSR count). The third kappa shape index (κ3) is 2.62. The number of nitrogens with zero attached hydrogens (tertiary/aromatic N) is 1. The minimum atomic E-state index is -0.119. The molecule has 4 nitrogen and oxygen atoms in total. The molecular weight excluding hydrogens is 292 g/mol. The molecule has 0 atom stereocenters. The van der Waals surface area contributed by atoms with Crippen molar-refractivity contribution < 1.29 is 9.53 Å². The SMILES string of the molecule is COC(=O)CC1(CSc2ccc3scnc3c2N)CC1. The normalized spacial score (nSPS) is 16.2. The van der Waals surface area contributed by atoms with Crippen molar-refractivity contribution in [3.05, 3.63) is 17.6 Å². The first-order valence-electron chi connectivity index (χ1n) is 6.45. The van der Waals surface area contributed by atoms with Crippen LogP contribution in [0.15, 0.2) is 22.5 Å². The topological polar surface area (TPSA) is 65.2 Å². The van der Waals surface area contributed by atoms with Crippen LogP contribution in [0.2, 0.25) is 0 Å². The Morgan fingerprint density at radius 1 is 1.55 bits per heavy atom. The summed E-state index contributed by atoms with van der Waals surface area (Å²) in [6.07, 6.45) is 2.69. The Labute approximate surface area is 125 Å². The van der Waals surface area contributed by atoms with Crippen molar-refractivity contribution in [3.8, 4) is 0 Å². The Kier molecular flexibility index (Phi) is 3.60. The van der Waals surface area contributed by atoms with E-state index in [-0.39, 0.29) is 11.4 Å². The summed E-state index contributed by atoms with van der Waals surface area (Å²) in [7, 11) is 1.44. The molecule has 0 spiro atoms. The van der Waals surface area contributed by atoms with Gasteiger partial charge in [-0.05, 0) is 30.4 Å². The van der Waals surface area contributed by atoms with Crippen LogP contribution in [-0.2, 0) is 9.53 Å². The summed E-state index contributed by atoms with van der Waals surface area (Å²) in [4.78, 5) is 16.8. The van der Waals surface area contributed by atoms with E-state index in [1.54, 1.807) is 23.1 Å². The molecule has 2 N–H and O–H groups in total. The van der Waals surface area contributed by atoms with Gasteiger partial charge in [0.25, 0.3) is 0 Å². The van der Waals surface area contributed by atoms with Crippen molar-refractivity contribution >= 4 is 45.0 Å². The van der Waals surface area contributed by atoms with Gasteiger partial charge in [-0.3, -0.25) is 4.79 Å². The largest absolute Gasteiger partial charge is 0.469 e. The number of hydrogen-bond acceptors (Lipinski definition) is 6. The van der Waals surface area contributed by atoms with E-state index < -0.39 is 0 Å². The summed E-state index contributed by atoms with van der Waals surface area (Å²) in [5, 5.41) is 0. The second kappa shape index (κ2) is 5.26. The number of carbonyl (C=O) groups is 1. The molecule has 1 aromatic carbocycles. The van der Waals surface area contributed by atoms with Crippen LogP contribution < -0.4 is 5.73 Å². The zero-order valence-corrected chi connectivity index (χ0v) is 12.9. The number of benzene rings is 1. The Hall–Kier alpha value is -1.27. The van der Waals surface area contributed by atoms with Crippen molar-refractivity contribution in [2.24, 2.45) is 5.41 Å². The monoisotopic (exact) mass is 308 g/mol. The van der Waals surface area contributed by atoms with Gasteiger partial charge in [-0.2, -0.15) is 0 Å². The zero-order valence-electron chi connectivity index (χ0n) is 11.2. The number of anilines is 1. The molecule has 1 fully saturated rings. The van der Waals surface area contributed by atoms with E-state index in [0.717, 1.165) is 39.4 Å². The molecule has 0 bridgehead atoms. The second-order valence-corrected chi connectivity index (χ2v) is 7.12. The highest BCUT2D eigenvalue weighted by Crippen LogP contribution is 2.52. The third-order valence-electron chi connectivity index (χ3n) is 3.74. The number of thiazole rings is 1. The fourth-order valence-corrected chi connectivity index (χ4v) is 4.18. The van der Waals surface area contributed by atoms with Gasteiger partial charge in [0, 0.05) is 10.6 Å². The van der Waals surface area contributed by atoms with Crippen LogP contribution >= 0.6 is 23.1 Å². The first-order valence-corrected chi connectivity index (χ1v) is 8.31. The van der Waals surface area contributed by atoms with Gasteiger partial charge >= 0.3 is 5.97 Å². The van der Waals surface area contributed by atoms with E-state index in [1.807, 2.05) is 5.51 Å². The summed E-state index contributed by atoms with van der Waals surface area (Å²) in [6.45, 7) is 0. The van der Waals surface area contributed by atoms with Crippen LogP contribution in [0, 0.1) is 5.41 Å². The lowest BCUT2D eigenvalue weighted by molar-refractivity contribution is -0.141. The number of nitrogen functional groups attached to an aromatic ring is 1. The number of nitrogens with two attached hydrogens (primary N) is 1. The molecule has 0 saturated heterocycles. The van der Waals surface area contributed by atoms with Crippen LogP contribution in [0.5, 0.6) is 0 Å². The van der Waals surface area contributed by atoms with Crippen molar-refractivity contribution in [1.82, 2.24) is 4.98 Å². The number of hydrogen-bond donors (Lipinski definition) is 1. The fourth-order valence-electron chi connectivity index (χ4n) is 2.22. The molecule has 1 aliphatic carbocycles. The number of fused-ring (bicyclic) bond motifs is 1. The molecule has 1 saturated carbocycles. The third-order valence-corrected chi connectivity index (χ3v) is 5.96. The van der Waals surface area contributed by atoms with Gasteiger partial charge in [-0.1, -0.05) is 0 Å². The average molecular weight is 308 g/mol. The van der Waals surface area contributed by atoms with Gasteiger partial charge in [0.15, 0.2) is 0 Å². The molecule has 0 aliphatic heterocycles. The highest BCUT2D eigenvalue weighted by Gasteiger charge is 2.44. The van der Waals surface area contributed by atoms with Gasteiger partial charge in [0.05, 0.1) is 29.4 Å². The van der Waals surface area contributed by atoms with E-state index in [1.165, 1.54) is 7.11 Å². The highest BCUT2D eigenvalue weighted by molar-refractivity contribution is 7.99. The molecular formula is C14H16N2O2S2. The molecule has 106 valence electrons. The summed E-state index contributed by atoms with van der Waals surface area (Å²) < 4.78 is 5.88. The van der Waals surface area contributed by atoms with E-state index in [0.29, 0.717) is 6.42 Å². The Balaban J connectivity index is 1.71. The summed E-state index contributed by atoms with van der Waals surface area (Å²) in [5.74, 6) is 0.785. The highest BCUT2D eigenvalue weighted by atomic mass is 32.2. The Morgan fingerprint density at radius 2 is 2.35 bits per heavy atom. The van der Waals surface area contributed by atoms with Crippen LogP contribution in [0.25, 0.3) is 10.2 Å². The van der Waals surface area contributed by atoms with E-state index in [9.17, 15) is 4.79 Å². The number of methoxy groups -OCH3 is 1. The number of thioether (sulfide) groups is 1. The standard InChI is InChI=1S/C14H16N2O2S2/c1-18-11(17)6-14(4-5-14)7-19-9-2-3-10-13(12(9)15)16-8-20-10/h2-3,8H,4-7,15H2,1H3. The van der Waals surface area contributed by atoms with Gasteiger partial charge in [-0.25, -0.2) is 4.98 Å². The van der Waals surface area contributed by atoms with Crippen molar-refractivity contribution in [2.75, 3.05) is 18.6 Å². The van der Waals surface area contributed by atoms with E-state index in [4.69, 9.17) is 10.5 Å². The Bertz CT molecular complexity index is 650. The van der Waals surface area contributed by atoms with E-state index in [2.05, 4.69) is 17.1 Å². The number of esters is 1. The molecule has 0 radical (unpaired) electrons. The summed E-state index contributed by atoms with van der Waals surface area (Å²) in [5.41, 5.74) is 9.74. The number of carbonyl (C=O) groups excluding carboxylic acids is 1. The molecule has 1 heterocycles. The van der Waals surface area contributed by atoms with Crippen LogP contribution in [-0.4, -0.2) is 23.8 Å². The van der Waals surface area contributed by atoms with Gasteiger partial charge in [-0.15, -0.1) is 23.1 Å². The van der Waals surface area contributed by atoms with E-state index >= 15 is 0 Å². The molecule has 20 heavy (non-hydrogen) atoms. The lowest BCUT2D eigenvalue weighted by Gasteiger charge is -2.14. The van der Waals surface area contributed by atoms with Crippen LogP contribution in [0.4, 0.5) is 5.69 Å². The van der Waals surface area contributed by atoms with Gasteiger partial charge < -0.3 is 10.5 Å². The van der Waals surface area contributed by atoms with Gasteiger partial charge in [0.1, 0.15) is 5.52 Å². The van der Waals surface area contributed by atoms with Crippen LogP contribution in [0.1, 0.15) is 19.3 Å². The molecule has 1 aromatic heterocycles. The quantitative estimate of drug-likeness (QED) is 0.521. The minimum Gasteiger partial charge on any atom is -0.469 e. The molecule has 0 amide bonds. The predicted molar refractivity (Wildman–Crippen MR) is 83.1 cm³/mol. The predicted octanol–water partition coefficient (Wildman–Crippen LogP) is 3.31. The van der Waals surface area contributed by atoms with Crippen molar-refractivity contribution in [1.29, 1.82) is 0 Å². The zero-order chi connectivity index (χ0) is 14.2. The van der Waals surface area contributed by atoms with Crippen molar-refractivity contribution in [2.45, 2.75) is 24.2 Å². The smallest absolute Gasteiger partial charge is 0.306 e. The van der Waals surface area contributed by atoms with Gasteiger partial charge in [0.2, 0.25) is 0 Å². The minimum absolute atomic E-state index is 0.112. The number of aromatic nitrogens is 1. The molecule has 2 aromatic rings. The Morgan fingerprint density at radius 3 is 3.05 bits per heavy atom. The molecule has 0 unspecified atom stereocenters. The maximum absolute atomic E-state index is 11.4. The average Bonchev–Trinajstić information content (AvgIpc) is 3.02. The fraction of sp³-hybridized carbons (Fsp3) is 0.429. The number of rotatable bonds is 5.